The number of amides is 2. The molecule has 0 bridgehead atoms. The number of urea groups is 1. The number of anilines is 2. The van der Waals surface area contributed by atoms with Crippen molar-refractivity contribution in [2.24, 2.45) is 0 Å². The van der Waals surface area contributed by atoms with E-state index in [1.807, 2.05) is 67.6 Å². The monoisotopic (exact) mass is 553 g/mol. The van der Waals surface area contributed by atoms with Gasteiger partial charge in [-0.05, 0) is 53.8 Å². The smallest absolute Gasteiger partial charge is 0.307 e. The van der Waals surface area contributed by atoms with Gasteiger partial charge in [-0.1, -0.05) is 63.2 Å². The van der Waals surface area contributed by atoms with Crippen LogP contribution in [0.4, 0.5) is 16.3 Å². The van der Waals surface area contributed by atoms with Crippen LogP contribution in [0.15, 0.2) is 90.0 Å². The summed E-state index contributed by atoms with van der Waals surface area (Å²) in [5.41, 5.74) is 4.49. The Labute approximate surface area is 234 Å². The molecule has 0 saturated heterocycles. The molecule has 0 atom stereocenters. The molecule has 204 valence electrons. The van der Waals surface area contributed by atoms with E-state index in [1.165, 1.54) is 6.26 Å². The Bertz CT molecular complexity index is 1840. The SMILES string of the molecule is Cc1ccc(-n2nc(C(C)(C)C)cc2NC(=O)Nc2ccc(-c3cccc(S(C)(=O)=O)c3)c3ccccc23)cn1. The van der Waals surface area contributed by atoms with Crippen molar-refractivity contribution in [3.63, 3.8) is 0 Å². The molecule has 5 rings (SSSR count). The zero-order valence-corrected chi connectivity index (χ0v) is 23.9. The van der Waals surface area contributed by atoms with Gasteiger partial charge >= 0.3 is 6.03 Å². The molecule has 3 aromatic carbocycles. The number of carbonyl (C=O) groups is 1. The van der Waals surface area contributed by atoms with Gasteiger partial charge in [0.1, 0.15) is 5.82 Å². The van der Waals surface area contributed by atoms with Gasteiger partial charge in [0.15, 0.2) is 9.84 Å². The summed E-state index contributed by atoms with van der Waals surface area (Å²) in [6.45, 7) is 8.11. The van der Waals surface area contributed by atoms with Gasteiger partial charge in [-0.15, -0.1) is 0 Å². The minimum Gasteiger partial charge on any atom is -0.307 e. The van der Waals surface area contributed by atoms with Crippen LogP contribution < -0.4 is 10.6 Å². The lowest BCUT2D eigenvalue weighted by molar-refractivity contribution is 0.262. The van der Waals surface area contributed by atoms with Crippen LogP contribution in [0, 0.1) is 6.92 Å². The standard InChI is InChI=1S/C31H31N5O3S/c1-20-13-14-22(19-32-20)36-29(18-28(35-36)31(2,3)4)34-30(37)33-27-16-15-24(25-11-6-7-12-26(25)27)21-9-8-10-23(17-21)40(5,38)39/h6-19H,1-5H3,(H2,33,34,37). The number of hydrogen-bond donors (Lipinski definition) is 2. The van der Waals surface area contributed by atoms with Gasteiger partial charge in [-0.2, -0.15) is 5.10 Å². The highest BCUT2D eigenvalue weighted by molar-refractivity contribution is 7.90. The predicted octanol–water partition coefficient (Wildman–Crippen LogP) is 6.74. The average molecular weight is 554 g/mol. The highest BCUT2D eigenvalue weighted by Gasteiger charge is 2.22. The lowest BCUT2D eigenvalue weighted by Crippen LogP contribution is -2.21. The number of aromatic nitrogens is 3. The van der Waals surface area contributed by atoms with E-state index in [0.717, 1.165) is 39.0 Å². The number of aryl methyl sites for hydroxylation is 1. The number of carbonyl (C=O) groups excluding carboxylic acids is 1. The van der Waals surface area contributed by atoms with E-state index in [9.17, 15) is 13.2 Å². The van der Waals surface area contributed by atoms with Crippen molar-refractivity contribution in [2.45, 2.75) is 38.0 Å². The van der Waals surface area contributed by atoms with Gasteiger partial charge in [0, 0.05) is 28.8 Å². The normalized spacial score (nSPS) is 11.9. The Morgan fingerprint density at radius 2 is 1.62 bits per heavy atom. The molecular weight excluding hydrogens is 522 g/mol. The molecule has 0 aliphatic carbocycles. The summed E-state index contributed by atoms with van der Waals surface area (Å²) in [6.07, 6.45) is 2.92. The van der Waals surface area contributed by atoms with Crippen LogP contribution in [0.2, 0.25) is 0 Å². The maximum Gasteiger partial charge on any atom is 0.324 e. The average Bonchev–Trinajstić information content (AvgIpc) is 3.33. The van der Waals surface area contributed by atoms with Crippen LogP contribution >= 0.6 is 0 Å². The summed E-state index contributed by atoms with van der Waals surface area (Å²) < 4.78 is 25.9. The van der Waals surface area contributed by atoms with Gasteiger partial charge in [0.25, 0.3) is 0 Å². The third kappa shape index (κ3) is 5.60. The quantitative estimate of drug-likeness (QED) is 0.251. The van der Waals surface area contributed by atoms with E-state index in [-0.39, 0.29) is 10.3 Å². The summed E-state index contributed by atoms with van der Waals surface area (Å²) in [5.74, 6) is 0.520. The molecule has 0 aliphatic heterocycles. The Morgan fingerprint density at radius 3 is 2.30 bits per heavy atom. The fourth-order valence-electron chi connectivity index (χ4n) is 4.44. The Hall–Kier alpha value is -4.50. The van der Waals surface area contributed by atoms with Crippen molar-refractivity contribution < 1.29 is 13.2 Å². The number of fused-ring (bicyclic) bond motifs is 1. The first kappa shape index (κ1) is 27.1. The number of benzene rings is 3. The summed E-state index contributed by atoms with van der Waals surface area (Å²) in [4.78, 5) is 17.9. The van der Waals surface area contributed by atoms with Gasteiger partial charge in [0.05, 0.1) is 28.2 Å². The summed E-state index contributed by atoms with van der Waals surface area (Å²) >= 11 is 0. The van der Waals surface area contributed by atoms with Crippen molar-refractivity contribution in [1.82, 2.24) is 14.8 Å². The van der Waals surface area contributed by atoms with Crippen LogP contribution in [-0.2, 0) is 15.3 Å². The zero-order valence-electron chi connectivity index (χ0n) is 23.1. The minimum absolute atomic E-state index is 0.225. The Balaban J connectivity index is 1.48. The molecule has 40 heavy (non-hydrogen) atoms. The van der Waals surface area contributed by atoms with E-state index in [2.05, 4.69) is 36.4 Å². The Morgan fingerprint density at radius 1 is 0.875 bits per heavy atom. The van der Waals surface area contributed by atoms with Crippen molar-refractivity contribution in [2.75, 3.05) is 16.9 Å². The van der Waals surface area contributed by atoms with Crippen molar-refractivity contribution in [3.05, 3.63) is 96.4 Å². The summed E-state index contributed by atoms with van der Waals surface area (Å²) in [6, 6.07) is 23.5. The van der Waals surface area contributed by atoms with Gasteiger partial charge in [-0.25, -0.2) is 17.9 Å². The van der Waals surface area contributed by atoms with Crippen molar-refractivity contribution >= 4 is 38.1 Å². The third-order valence-electron chi connectivity index (χ3n) is 6.61. The molecule has 0 unspecified atom stereocenters. The molecule has 8 nitrogen and oxygen atoms in total. The van der Waals surface area contributed by atoms with Crippen LogP contribution in [0.1, 0.15) is 32.2 Å². The number of sulfone groups is 1. The molecule has 0 fully saturated rings. The first-order valence-electron chi connectivity index (χ1n) is 12.8. The van der Waals surface area contributed by atoms with Crippen LogP contribution in [0.25, 0.3) is 27.6 Å². The van der Waals surface area contributed by atoms with E-state index in [1.54, 1.807) is 29.1 Å². The molecule has 2 N–H and O–H groups in total. The second-order valence-electron chi connectivity index (χ2n) is 10.8. The van der Waals surface area contributed by atoms with Gasteiger partial charge < -0.3 is 5.32 Å². The van der Waals surface area contributed by atoms with Gasteiger partial charge in [-0.3, -0.25) is 10.3 Å². The summed E-state index contributed by atoms with van der Waals surface area (Å²) in [5, 5.41) is 12.4. The van der Waals surface area contributed by atoms with E-state index >= 15 is 0 Å². The number of hydrogen-bond acceptors (Lipinski definition) is 5. The number of nitrogens with one attached hydrogen (secondary N) is 2. The van der Waals surface area contributed by atoms with Crippen LogP contribution in [-0.4, -0.2) is 35.5 Å². The fourth-order valence-corrected chi connectivity index (χ4v) is 5.11. The second kappa shape index (κ2) is 10.2. The first-order valence-corrected chi connectivity index (χ1v) is 14.7. The molecule has 2 amide bonds. The third-order valence-corrected chi connectivity index (χ3v) is 7.72. The zero-order chi connectivity index (χ0) is 28.7. The first-order chi connectivity index (χ1) is 18.9. The van der Waals surface area contributed by atoms with Crippen LogP contribution in [0.3, 0.4) is 0 Å². The maximum absolute atomic E-state index is 13.3. The fraction of sp³-hybridized carbons (Fsp3) is 0.194. The molecule has 0 radical (unpaired) electrons. The van der Waals surface area contributed by atoms with E-state index in [0.29, 0.717) is 11.5 Å². The molecule has 0 spiro atoms. The van der Waals surface area contributed by atoms with Crippen molar-refractivity contribution in [3.8, 4) is 16.8 Å². The minimum atomic E-state index is -3.35. The highest BCUT2D eigenvalue weighted by atomic mass is 32.2. The summed E-state index contributed by atoms with van der Waals surface area (Å²) in [7, 11) is -3.35. The number of pyridine rings is 1. The molecular formula is C31H31N5O3S. The van der Waals surface area contributed by atoms with E-state index in [4.69, 9.17) is 5.10 Å². The molecule has 2 heterocycles. The molecule has 0 aliphatic rings. The predicted molar refractivity (Wildman–Crippen MR) is 160 cm³/mol. The van der Waals surface area contributed by atoms with E-state index < -0.39 is 15.9 Å². The molecule has 9 heteroatoms. The van der Waals surface area contributed by atoms with Gasteiger partial charge in [0.2, 0.25) is 0 Å². The highest BCUT2D eigenvalue weighted by Crippen LogP contribution is 2.34. The lowest BCUT2D eigenvalue weighted by atomic mass is 9.92. The molecule has 0 saturated carbocycles. The molecule has 2 aromatic heterocycles. The van der Waals surface area contributed by atoms with Crippen LogP contribution in [0.5, 0.6) is 0 Å². The Kier molecular flexibility index (Phi) is 6.93. The van der Waals surface area contributed by atoms with Crippen molar-refractivity contribution in [1.29, 1.82) is 0 Å². The number of nitrogens with zero attached hydrogens (tertiary/aromatic N) is 3. The largest absolute Gasteiger partial charge is 0.324 e. The maximum atomic E-state index is 13.3. The second-order valence-corrected chi connectivity index (χ2v) is 12.8. The lowest BCUT2D eigenvalue weighted by Gasteiger charge is -2.14. The molecule has 5 aromatic rings. The topological polar surface area (TPSA) is 106 Å². The number of rotatable bonds is 5.